The van der Waals surface area contributed by atoms with Crippen LogP contribution in [0.15, 0.2) is 60.7 Å². The summed E-state index contributed by atoms with van der Waals surface area (Å²) in [6, 6.07) is 15.7. The number of rotatable bonds is 6. The molecular weight excluding hydrogens is 364 g/mol. The zero-order valence-corrected chi connectivity index (χ0v) is 14.5. The molecular formula is C18H16N6O4. The predicted octanol–water partition coefficient (Wildman–Crippen LogP) is 4.15. The summed E-state index contributed by atoms with van der Waals surface area (Å²) in [7, 11) is 0. The fourth-order valence-corrected chi connectivity index (χ4v) is 2.57. The van der Waals surface area contributed by atoms with E-state index in [-0.39, 0.29) is 5.69 Å². The second kappa shape index (κ2) is 7.50. The van der Waals surface area contributed by atoms with Crippen molar-refractivity contribution >= 4 is 45.5 Å². The normalized spacial score (nSPS) is 10.3. The third-order valence-electron chi connectivity index (χ3n) is 3.86. The Kier molecular flexibility index (Phi) is 4.94. The first kappa shape index (κ1) is 18.5. The Morgan fingerprint density at radius 1 is 0.679 bits per heavy atom. The molecule has 0 bridgehead atoms. The van der Waals surface area contributed by atoms with E-state index in [2.05, 4.69) is 10.6 Å². The van der Waals surface area contributed by atoms with Gasteiger partial charge in [-0.2, -0.15) is 0 Å². The van der Waals surface area contributed by atoms with Crippen molar-refractivity contribution in [3.05, 3.63) is 80.9 Å². The lowest BCUT2D eigenvalue weighted by atomic mass is 10.1. The summed E-state index contributed by atoms with van der Waals surface area (Å²) in [4.78, 5) is 21.4. The maximum absolute atomic E-state index is 11.5. The molecule has 6 N–H and O–H groups in total. The molecule has 0 fully saturated rings. The number of nitrogens with zero attached hydrogens (tertiary/aromatic N) is 2. The van der Waals surface area contributed by atoms with Crippen LogP contribution in [0.2, 0.25) is 0 Å². The largest absolute Gasteiger partial charge is 0.399 e. The summed E-state index contributed by atoms with van der Waals surface area (Å²) in [6.45, 7) is 0. The minimum absolute atomic E-state index is 0.0260. The number of anilines is 6. The number of nitrogen functional groups attached to an aromatic ring is 2. The zero-order valence-electron chi connectivity index (χ0n) is 14.5. The summed E-state index contributed by atoms with van der Waals surface area (Å²) in [5.41, 5.74) is 12.5. The molecule has 0 aliphatic heterocycles. The SMILES string of the molecule is Nc1ccc(Nc2cc(Nc3ccc(N)cc3)c([N+](=O)[O-])c([N+](=O)[O-])c2)cc1. The number of hydrogen-bond acceptors (Lipinski definition) is 8. The van der Waals surface area contributed by atoms with E-state index in [1.807, 2.05) is 0 Å². The van der Waals surface area contributed by atoms with E-state index in [1.54, 1.807) is 48.5 Å². The minimum atomic E-state index is -0.791. The molecule has 28 heavy (non-hydrogen) atoms. The highest BCUT2D eigenvalue weighted by atomic mass is 16.6. The molecule has 0 spiro atoms. The van der Waals surface area contributed by atoms with Gasteiger partial charge in [0.25, 0.3) is 0 Å². The van der Waals surface area contributed by atoms with Crippen LogP contribution in [0.25, 0.3) is 0 Å². The van der Waals surface area contributed by atoms with Crippen LogP contribution in [0.5, 0.6) is 0 Å². The van der Waals surface area contributed by atoms with Crippen molar-refractivity contribution in [2.24, 2.45) is 0 Å². The Hall–Kier alpha value is -4.34. The molecule has 0 radical (unpaired) electrons. The molecule has 142 valence electrons. The van der Waals surface area contributed by atoms with Crippen LogP contribution in [-0.4, -0.2) is 9.85 Å². The van der Waals surface area contributed by atoms with Gasteiger partial charge in [-0.1, -0.05) is 0 Å². The molecule has 3 aromatic carbocycles. The summed E-state index contributed by atoms with van der Waals surface area (Å²) in [5.74, 6) is 0. The minimum Gasteiger partial charge on any atom is -0.399 e. The predicted molar refractivity (Wildman–Crippen MR) is 108 cm³/mol. The first-order valence-corrected chi connectivity index (χ1v) is 8.05. The lowest BCUT2D eigenvalue weighted by Crippen LogP contribution is -2.03. The first-order chi connectivity index (χ1) is 13.3. The number of nitrogens with one attached hydrogen (secondary N) is 2. The van der Waals surface area contributed by atoms with E-state index in [1.165, 1.54) is 6.07 Å². The van der Waals surface area contributed by atoms with Gasteiger partial charge in [-0.05, 0) is 54.6 Å². The Morgan fingerprint density at radius 2 is 1.18 bits per heavy atom. The topological polar surface area (TPSA) is 162 Å². The molecule has 3 rings (SSSR count). The van der Waals surface area contributed by atoms with E-state index < -0.39 is 21.2 Å². The standard InChI is InChI=1S/C18H16N6O4/c19-11-1-5-13(6-2-11)21-15-9-16(22-14-7-3-12(20)4-8-14)18(24(27)28)17(10-15)23(25)26/h1-10,21-22H,19-20H2. The summed E-state index contributed by atoms with van der Waals surface area (Å²) < 4.78 is 0. The Balaban J connectivity index is 2.07. The molecule has 0 saturated carbocycles. The Bertz CT molecular complexity index is 1040. The molecule has 0 atom stereocenters. The molecule has 10 nitrogen and oxygen atoms in total. The highest BCUT2D eigenvalue weighted by molar-refractivity contribution is 5.82. The van der Waals surface area contributed by atoms with Crippen LogP contribution < -0.4 is 22.1 Å². The third kappa shape index (κ3) is 4.07. The van der Waals surface area contributed by atoms with Crippen LogP contribution in [0.4, 0.5) is 45.5 Å². The van der Waals surface area contributed by atoms with Crippen molar-refractivity contribution in [2.45, 2.75) is 0 Å². The highest BCUT2D eigenvalue weighted by Crippen LogP contribution is 2.40. The van der Waals surface area contributed by atoms with Crippen molar-refractivity contribution in [3.63, 3.8) is 0 Å². The van der Waals surface area contributed by atoms with Crippen molar-refractivity contribution < 1.29 is 9.85 Å². The van der Waals surface area contributed by atoms with Gasteiger partial charge >= 0.3 is 11.4 Å². The average Bonchev–Trinajstić information content (AvgIpc) is 2.65. The molecule has 0 aliphatic rings. The fraction of sp³-hybridized carbons (Fsp3) is 0. The molecule has 3 aromatic rings. The van der Waals surface area contributed by atoms with Crippen LogP contribution in [-0.2, 0) is 0 Å². The second-order valence-electron chi connectivity index (χ2n) is 5.90. The molecule has 0 unspecified atom stereocenters. The van der Waals surface area contributed by atoms with Gasteiger partial charge in [0, 0.05) is 34.5 Å². The van der Waals surface area contributed by atoms with E-state index >= 15 is 0 Å². The lowest BCUT2D eigenvalue weighted by molar-refractivity contribution is -0.421. The highest BCUT2D eigenvalue weighted by Gasteiger charge is 2.30. The third-order valence-corrected chi connectivity index (χ3v) is 3.86. The Labute approximate surface area is 159 Å². The Morgan fingerprint density at radius 3 is 1.64 bits per heavy atom. The summed E-state index contributed by atoms with van der Waals surface area (Å²) in [6.07, 6.45) is 0. The number of hydrogen-bond donors (Lipinski definition) is 4. The molecule has 0 amide bonds. The number of nitro groups is 2. The van der Waals surface area contributed by atoms with Crippen LogP contribution in [0.3, 0.4) is 0 Å². The van der Waals surface area contributed by atoms with E-state index in [0.29, 0.717) is 28.4 Å². The van der Waals surface area contributed by atoms with Crippen LogP contribution in [0.1, 0.15) is 0 Å². The second-order valence-corrected chi connectivity index (χ2v) is 5.90. The van der Waals surface area contributed by atoms with Gasteiger partial charge in [-0.25, -0.2) is 0 Å². The molecule has 0 heterocycles. The average molecular weight is 380 g/mol. The number of nitrogens with two attached hydrogens (primary N) is 2. The molecule has 0 saturated heterocycles. The number of nitro benzene ring substituents is 2. The summed E-state index contributed by atoms with van der Waals surface area (Å²) >= 11 is 0. The van der Waals surface area contributed by atoms with Crippen LogP contribution in [0, 0.1) is 20.2 Å². The maximum atomic E-state index is 11.5. The van der Waals surface area contributed by atoms with E-state index in [4.69, 9.17) is 11.5 Å². The van der Waals surface area contributed by atoms with Gasteiger partial charge in [0.2, 0.25) is 0 Å². The van der Waals surface area contributed by atoms with Crippen molar-refractivity contribution in [2.75, 3.05) is 22.1 Å². The quantitative estimate of drug-likeness (QED) is 0.281. The van der Waals surface area contributed by atoms with Crippen LogP contribution >= 0.6 is 0 Å². The molecule has 0 aromatic heterocycles. The smallest absolute Gasteiger partial charge is 0.369 e. The zero-order chi connectivity index (χ0) is 20.3. The monoisotopic (exact) mass is 380 g/mol. The maximum Gasteiger partial charge on any atom is 0.369 e. The van der Waals surface area contributed by atoms with Gasteiger partial charge < -0.3 is 22.1 Å². The summed E-state index contributed by atoms with van der Waals surface area (Å²) in [5, 5.41) is 28.8. The van der Waals surface area contributed by atoms with Gasteiger partial charge in [-0.15, -0.1) is 0 Å². The lowest BCUT2D eigenvalue weighted by Gasteiger charge is -2.12. The van der Waals surface area contributed by atoms with Gasteiger partial charge in [-0.3, -0.25) is 20.2 Å². The molecule has 10 heteroatoms. The van der Waals surface area contributed by atoms with E-state index in [9.17, 15) is 20.2 Å². The molecule has 0 aliphatic carbocycles. The van der Waals surface area contributed by atoms with Gasteiger partial charge in [0.05, 0.1) is 9.85 Å². The first-order valence-electron chi connectivity index (χ1n) is 8.05. The van der Waals surface area contributed by atoms with Crippen molar-refractivity contribution in [1.29, 1.82) is 0 Å². The fourth-order valence-electron chi connectivity index (χ4n) is 2.57. The number of benzene rings is 3. The van der Waals surface area contributed by atoms with E-state index in [0.717, 1.165) is 6.07 Å². The van der Waals surface area contributed by atoms with Gasteiger partial charge in [0.1, 0.15) is 5.69 Å². The van der Waals surface area contributed by atoms with Crippen molar-refractivity contribution in [3.8, 4) is 0 Å². The van der Waals surface area contributed by atoms with Crippen molar-refractivity contribution in [1.82, 2.24) is 0 Å². The van der Waals surface area contributed by atoms with Gasteiger partial charge in [0.15, 0.2) is 0 Å².